The third-order valence-corrected chi connectivity index (χ3v) is 11.8. The van der Waals surface area contributed by atoms with Crippen LogP contribution < -0.4 is 4.90 Å². The molecule has 0 unspecified atom stereocenters. The molecule has 0 aliphatic rings. The van der Waals surface area contributed by atoms with Crippen LogP contribution in [0, 0.1) is 0 Å². The Hall–Kier alpha value is -8.02. The number of hydrogen-bond acceptors (Lipinski definition) is 3. The molecule has 8 aromatic carbocycles. The third-order valence-electron chi connectivity index (χ3n) is 11.8. The molecule has 276 valence electrons. The minimum atomic E-state index is 0.902. The Morgan fingerprint density at radius 2 is 0.881 bits per heavy atom. The van der Waals surface area contributed by atoms with Crippen LogP contribution in [0.15, 0.2) is 213 Å². The molecule has 0 atom stereocenters. The van der Waals surface area contributed by atoms with Crippen molar-refractivity contribution in [3.05, 3.63) is 213 Å². The topological polar surface area (TPSA) is 38.9 Å². The molecule has 12 rings (SSSR count). The first-order valence-electron chi connectivity index (χ1n) is 20.0. The number of anilines is 3. The predicted molar refractivity (Wildman–Crippen MR) is 246 cm³/mol. The number of fused-ring (bicyclic) bond motifs is 11. The lowest BCUT2D eigenvalue weighted by molar-refractivity contribution is 1.18. The first kappa shape index (κ1) is 33.2. The second kappa shape index (κ2) is 13.3. The quantitative estimate of drug-likeness (QED) is 0.159. The third kappa shape index (κ3) is 5.18. The normalized spacial score (nSPS) is 11.7. The number of benzene rings is 8. The molecule has 0 saturated carbocycles. The minimum Gasteiger partial charge on any atom is -0.310 e. The number of aromatic nitrogens is 4. The molecule has 4 heterocycles. The molecule has 0 bridgehead atoms. The Kier molecular flexibility index (Phi) is 7.47. The highest BCUT2D eigenvalue weighted by Crippen LogP contribution is 2.45. The number of para-hydroxylation sites is 3. The van der Waals surface area contributed by atoms with E-state index in [2.05, 4.69) is 202 Å². The van der Waals surface area contributed by atoms with E-state index in [1.165, 1.54) is 38.3 Å². The van der Waals surface area contributed by atoms with E-state index >= 15 is 0 Å². The van der Waals surface area contributed by atoms with Gasteiger partial charge < -0.3 is 14.0 Å². The van der Waals surface area contributed by atoms with Gasteiger partial charge in [-0.05, 0) is 102 Å². The fourth-order valence-electron chi connectivity index (χ4n) is 9.21. The Balaban J connectivity index is 1.15. The molecule has 0 aliphatic heterocycles. The maximum absolute atomic E-state index is 4.90. The molecular formula is C54H35N5. The fourth-order valence-corrected chi connectivity index (χ4v) is 9.21. The summed E-state index contributed by atoms with van der Waals surface area (Å²) in [4.78, 5) is 12.2. The van der Waals surface area contributed by atoms with Crippen LogP contribution in [-0.4, -0.2) is 19.1 Å². The zero-order valence-corrected chi connectivity index (χ0v) is 31.9. The maximum Gasteiger partial charge on any atom is 0.0986 e. The lowest BCUT2D eigenvalue weighted by Crippen LogP contribution is -2.10. The Labute approximate surface area is 340 Å². The van der Waals surface area contributed by atoms with Gasteiger partial charge in [0, 0.05) is 73.1 Å². The average molecular weight is 754 g/mol. The van der Waals surface area contributed by atoms with E-state index < -0.39 is 0 Å². The zero-order valence-electron chi connectivity index (χ0n) is 31.9. The van der Waals surface area contributed by atoms with Crippen LogP contribution in [-0.2, 0) is 0 Å². The van der Waals surface area contributed by atoms with E-state index in [0.29, 0.717) is 0 Å². The van der Waals surface area contributed by atoms with Crippen LogP contribution in [0.3, 0.4) is 0 Å². The van der Waals surface area contributed by atoms with Gasteiger partial charge in [-0.1, -0.05) is 109 Å². The van der Waals surface area contributed by atoms with E-state index in [0.717, 1.165) is 66.7 Å². The standard InChI is InChI=1S/C54H35N5/c1-4-14-36(15-5-1)37-24-26-40(27-25-37)57(41-29-31-49-47(34-41)43-20-10-11-23-48(43)58(49)38-16-6-2-7-17-38)42-28-30-44-50(35-42)59(39-18-8-3-9-19-39)54-46-22-13-33-56-53(46)52-45(51(44)54)21-12-32-55-52/h1-35H. The van der Waals surface area contributed by atoms with E-state index in [4.69, 9.17) is 9.97 Å². The van der Waals surface area contributed by atoms with Crippen molar-refractivity contribution in [2.75, 3.05) is 4.90 Å². The molecule has 59 heavy (non-hydrogen) atoms. The second-order valence-electron chi connectivity index (χ2n) is 15.0. The molecule has 5 heteroatoms. The van der Waals surface area contributed by atoms with Gasteiger partial charge in [0.25, 0.3) is 0 Å². The van der Waals surface area contributed by atoms with Gasteiger partial charge in [0.05, 0.1) is 33.1 Å². The van der Waals surface area contributed by atoms with Crippen LogP contribution in [0.1, 0.15) is 0 Å². The van der Waals surface area contributed by atoms with Gasteiger partial charge in [0.15, 0.2) is 0 Å². The number of nitrogens with zero attached hydrogens (tertiary/aromatic N) is 5. The minimum absolute atomic E-state index is 0.902. The van der Waals surface area contributed by atoms with E-state index in [9.17, 15) is 0 Å². The number of pyridine rings is 2. The van der Waals surface area contributed by atoms with Crippen molar-refractivity contribution >= 4 is 82.5 Å². The van der Waals surface area contributed by atoms with Crippen LogP contribution in [0.2, 0.25) is 0 Å². The summed E-state index contributed by atoms with van der Waals surface area (Å²) < 4.78 is 4.79. The molecule has 0 saturated heterocycles. The Bertz CT molecular complexity index is 3530. The van der Waals surface area contributed by atoms with Crippen molar-refractivity contribution in [1.82, 2.24) is 19.1 Å². The fraction of sp³-hybridized carbons (Fsp3) is 0. The molecule has 0 spiro atoms. The van der Waals surface area contributed by atoms with Crippen molar-refractivity contribution in [1.29, 1.82) is 0 Å². The second-order valence-corrected chi connectivity index (χ2v) is 15.0. The molecule has 12 aromatic rings. The predicted octanol–water partition coefficient (Wildman–Crippen LogP) is 14.1. The van der Waals surface area contributed by atoms with Crippen LogP contribution in [0.4, 0.5) is 17.1 Å². The van der Waals surface area contributed by atoms with Crippen LogP contribution in [0.5, 0.6) is 0 Å². The summed E-state index contributed by atoms with van der Waals surface area (Å²) in [5.41, 5.74) is 14.2. The maximum atomic E-state index is 4.90. The summed E-state index contributed by atoms with van der Waals surface area (Å²) in [6, 6.07) is 71.8. The van der Waals surface area contributed by atoms with Gasteiger partial charge in [-0.2, -0.15) is 0 Å². The van der Waals surface area contributed by atoms with Crippen LogP contribution >= 0.6 is 0 Å². The molecule has 0 amide bonds. The summed E-state index contributed by atoms with van der Waals surface area (Å²) in [5, 5.41) is 6.92. The first-order valence-corrected chi connectivity index (χ1v) is 20.0. The highest BCUT2D eigenvalue weighted by Gasteiger charge is 2.23. The number of rotatable bonds is 6. The molecule has 0 N–H and O–H groups in total. The van der Waals surface area contributed by atoms with E-state index in [1.54, 1.807) is 0 Å². The average Bonchev–Trinajstić information content (AvgIpc) is 3.83. The molecule has 4 aromatic heterocycles. The highest BCUT2D eigenvalue weighted by atomic mass is 15.1. The van der Waals surface area contributed by atoms with Crippen molar-refractivity contribution in [2.24, 2.45) is 0 Å². The van der Waals surface area contributed by atoms with Gasteiger partial charge in [-0.3, -0.25) is 9.97 Å². The molecule has 0 fully saturated rings. The summed E-state index contributed by atoms with van der Waals surface area (Å²) in [6.07, 6.45) is 3.73. The van der Waals surface area contributed by atoms with E-state index in [1.807, 2.05) is 24.5 Å². The number of hydrogen-bond donors (Lipinski definition) is 0. The lowest BCUT2D eigenvalue weighted by atomic mass is 10.0. The largest absolute Gasteiger partial charge is 0.310 e. The molecule has 0 radical (unpaired) electrons. The SMILES string of the molecule is c1ccc(-c2ccc(N(c3ccc4c(c3)c3ccccc3n4-c3ccccc3)c3ccc4c5c6cccnc6c6ncccc6c5n(-c5ccccc5)c4c3)cc2)cc1. The van der Waals surface area contributed by atoms with Gasteiger partial charge in [-0.15, -0.1) is 0 Å². The Morgan fingerprint density at radius 3 is 1.63 bits per heavy atom. The van der Waals surface area contributed by atoms with Gasteiger partial charge in [0.2, 0.25) is 0 Å². The van der Waals surface area contributed by atoms with Crippen molar-refractivity contribution < 1.29 is 0 Å². The molecular weight excluding hydrogens is 719 g/mol. The zero-order chi connectivity index (χ0) is 38.9. The summed E-state index contributed by atoms with van der Waals surface area (Å²) in [7, 11) is 0. The summed E-state index contributed by atoms with van der Waals surface area (Å²) >= 11 is 0. The summed E-state index contributed by atoms with van der Waals surface area (Å²) in [5.74, 6) is 0. The van der Waals surface area contributed by atoms with Crippen molar-refractivity contribution in [3.63, 3.8) is 0 Å². The van der Waals surface area contributed by atoms with Gasteiger partial charge >= 0.3 is 0 Å². The lowest BCUT2D eigenvalue weighted by Gasteiger charge is -2.26. The van der Waals surface area contributed by atoms with Crippen molar-refractivity contribution in [3.8, 4) is 22.5 Å². The molecule has 5 nitrogen and oxygen atoms in total. The van der Waals surface area contributed by atoms with E-state index in [-0.39, 0.29) is 0 Å². The van der Waals surface area contributed by atoms with Crippen LogP contribution in [0.25, 0.3) is 87.9 Å². The smallest absolute Gasteiger partial charge is 0.0986 e. The molecule has 0 aliphatic carbocycles. The first-order chi connectivity index (χ1) is 29.3. The monoisotopic (exact) mass is 753 g/mol. The highest BCUT2D eigenvalue weighted by molar-refractivity contribution is 6.30. The summed E-state index contributed by atoms with van der Waals surface area (Å²) in [6.45, 7) is 0. The Morgan fingerprint density at radius 1 is 0.339 bits per heavy atom. The van der Waals surface area contributed by atoms with Gasteiger partial charge in [-0.25, -0.2) is 0 Å². The van der Waals surface area contributed by atoms with Gasteiger partial charge in [0.1, 0.15) is 0 Å². The van der Waals surface area contributed by atoms with Crippen molar-refractivity contribution in [2.45, 2.75) is 0 Å².